The highest BCUT2D eigenvalue weighted by molar-refractivity contribution is 9.10. The molecule has 140 valence electrons. The molecule has 2 aromatic carbocycles. The molecular weight excluding hydrogens is 452 g/mol. The number of alkyl halides is 2. The maximum absolute atomic E-state index is 14.2. The third-order valence-corrected chi connectivity index (χ3v) is 8.83. The number of Topliss-reactive ketones (excluding diaryl/α,β-unsaturated/α-hetero) is 1. The first kappa shape index (κ1) is 21.4. The molecule has 0 bridgehead atoms. The van der Waals surface area contributed by atoms with Gasteiger partial charge in [0.25, 0.3) is 0 Å². The molecule has 26 heavy (non-hydrogen) atoms. The summed E-state index contributed by atoms with van der Waals surface area (Å²) in [6.07, 6.45) is 1.81. The van der Waals surface area contributed by atoms with Gasteiger partial charge in [-0.25, -0.2) is 0 Å². The fourth-order valence-corrected chi connectivity index (χ4v) is 5.54. The van der Waals surface area contributed by atoms with Crippen LogP contribution in [0.15, 0.2) is 60.7 Å². The average Bonchev–Trinajstić information content (AvgIpc) is 2.71. The maximum Gasteiger partial charge on any atom is 0.175 e. The van der Waals surface area contributed by atoms with Gasteiger partial charge in [0, 0.05) is 0 Å². The van der Waals surface area contributed by atoms with Gasteiger partial charge in [-0.2, -0.15) is 0 Å². The van der Waals surface area contributed by atoms with Crippen molar-refractivity contribution >= 4 is 37.6 Å². The number of carbonyl (C=O) groups excluding carboxylic acids is 1. The lowest BCUT2D eigenvalue weighted by Gasteiger charge is -2.42. The van der Waals surface area contributed by atoms with Gasteiger partial charge in [0.15, 0.2) is 5.78 Å². The summed E-state index contributed by atoms with van der Waals surface area (Å²) < 4.78 is -1.49. The number of carbonyl (C=O) groups is 1. The molecule has 0 aliphatic heterocycles. The largest absolute Gasteiger partial charge is 0.296 e. The summed E-state index contributed by atoms with van der Waals surface area (Å²) in [5.41, 5.74) is 2.03. The maximum atomic E-state index is 14.2. The van der Waals surface area contributed by atoms with Gasteiger partial charge in [-0.1, -0.05) is 133 Å². The van der Waals surface area contributed by atoms with Crippen molar-refractivity contribution in [2.24, 2.45) is 11.8 Å². The minimum Gasteiger partial charge on any atom is -0.296 e. The van der Waals surface area contributed by atoms with E-state index in [-0.39, 0.29) is 17.6 Å². The number of hydrogen-bond acceptors (Lipinski definition) is 1. The van der Waals surface area contributed by atoms with Crippen molar-refractivity contribution < 1.29 is 4.79 Å². The molecule has 0 aliphatic rings. The van der Waals surface area contributed by atoms with E-state index in [0.29, 0.717) is 0 Å². The molecule has 0 spiro atoms. The molecule has 0 aromatic heterocycles. The van der Waals surface area contributed by atoms with E-state index in [4.69, 9.17) is 0 Å². The van der Waals surface area contributed by atoms with Crippen LogP contribution in [0.3, 0.4) is 0 Å². The third-order valence-electron chi connectivity index (χ3n) is 5.63. The normalized spacial score (nSPS) is 18.4. The van der Waals surface area contributed by atoms with Crippen molar-refractivity contribution in [2.45, 2.75) is 49.2 Å². The zero-order valence-electron chi connectivity index (χ0n) is 16.0. The van der Waals surface area contributed by atoms with Gasteiger partial charge >= 0.3 is 0 Å². The summed E-state index contributed by atoms with van der Waals surface area (Å²) >= 11 is 7.87. The van der Waals surface area contributed by atoms with E-state index in [1.165, 1.54) is 0 Å². The Hall–Kier alpha value is -0.930. The molecule has 0 saturated heterocycles. The number of benzene rings is 2. The van der Waals surface area contributed by atoms with Crippen LogP contribution < -0.4 is 0 Å². The molecule has 1 nitrogen and oxygen atoms in total. The van der Waals surface area contributed by atoms with E-state index in [1.54, 1.807) is 0 Å². The van der Waals surface area contributed by atoms with Crippen molar-refractivity contribution in [2.75, 3.05) is 0 Å². The van der Waals surface area contributed by atoms with Gasteiger partial charge in [-0.05, 0) is 23.0 Å². The van der Waals surface area contributed by atoms with Gasteiger partial charge in [0.2, 0.25) is 0 Å². The Morgan fingerprint density at radius 2 is 1.08 bits per heavy atom. The zero-order chi connectivity index (χ0) is 19.4. The lowest BCUT2D eigenvalue weighted by molar-refractivity contribution is -0.126. The number of ketones is 1. The van der Waals surface area contributed by atoms with Crippen LogP contribution in [0.1, 0.15) is 51.7 Å². The van der Waals surface area contributed by atoms with Gasteiger partial charge in [0.05, 0.1) is 0 Å². The van der Waals surface area contributed by atoms with Gasteiger partial charge in [-0.3, -0.25) is 4.79 Å². The van der Waals surface area contributed by atoms with Crippen LogP contribution in [0.5, 0.6) is 0 Å². The van der Waals surface area contributed by atoms with E-state index < -0.39 is 8.65 Å². The molecule has 0 amide bonds. The van der Waals surface area contributed by atoms with Gasteiger partial charge < -0.3 is 0 Å². The molecule has 0 fully saturated rings. The summed E-state index contributed by atoms with van der Waals surface area (Å²) in [6, 6.07) is 20.2. The quantitative estimate of drug-likeness (QED) is 0.365. The number of hydrogen-bond donors (Lipinski definition) is 0. The Labute approximate surface area is 174 Å². The molecule has 2 aromatic rings. The molecule has 0 aliphatic carbocycles. The molecule has 4 unspecified atom stereocenters. The van der Waals surface area contributed by atoms with Crippen LogP contribution in [-0.2, 0) is 13.4 Å². The molecule has 0 N–H and O–H groups in total. The van der Waals surface area contributed by atoms with Crippen molar-refractivity contribution in [3.05, 3.63) is 71.8 Å². The van der Waals surface area contributed by atoms with Gasteiger partial charge in [-0.15, -0.1) is 0 Å². The predicted molar refractivity (Wildman–Crippen MR) is 118 cm³/mol. The van der Waals surface area contributed by atoms with Crippen LogP contribution in [0, 0.1) is 11.8 Å². The number of rotatable bonds is 8. The molecular formula is C23H28Br2O. The molecule has 3 heteroatoms. The minimum absolute atomic E-state index is 0.155. The third kappa shape index (κ3) is 3.71. The second-order valence-electron chi connectivity index (χ2n) is 7.10. The van der Waals surface area contributed by atoms with E-state index >= 15 is 0 Å². The van der Waals surface area contributed by atoms with Crippen molar-refractivity contribution in [1.29, 1.82) is 0 Å². The topological polar surface area (TPSA) is 17.1 Å². The second kappa shape index (κ2) is 8.84. The average molecular weight is 480 g/mol. The standard InChI is InChI=1S/C23H28Br2O/c1-5-17(3)22(24,19-13-9-7-10-14-19)21(26)23(25,18(4)6-2)20-15-11-8-12-16-20/h7-18H,5-6H2,1-4H3. The fourth-order valence-electron chi connectivity index (χ4n) is 3.47. The summed E-state index contributed by atoms with van der Waals surface area (Å²) in [7, 11) is 0. The monoisotopic (exact) mass is 478 g/mol. The van der Waals surface area contributed by atoms with E-state index in [1.807, 2.05) is 60.7 Å². The Bertz CT molecular complexity index is 654. The Balaban J connectivity index is 2.68. The summed E-state index contributed by atoms with van der Waals surface area (Å²) in [4.78, 5) is 14.2. The second-order valence-corrected chi connectivity index (χ2v) is 9.60. The SMILES string of the molecule is CCC(C)C(Br)(C(=O)C(Br)(c1ccccc1)C(C)CC)c1ccccc1. The number of halogens is 2. The van der Waals surface area contributed by atoms with Crippen LogP contribution in [-0.4, -0.2) is 5.78 Å². The summed E-state index contributed by atoms with van der Waals surface area (Å²) in [5, 5.41) is 0. The Morgan fingerprint density at radius 3 is 1.35 bits per heavy atom. The van der Waals surface area contributed by atoms with Crippen LogP contribution in [0.4, 0.5) is 0 Å². The van der Waals surface area contributed by atoms with Crippen LogP contribution >= 0.6 is 31.9 Å². The molecule has 2 rings (SSSR count). The van der Waals surface area contributed by atoms with Crippen molar-refractivity contribution in [3.8, 4) is 0 Å². The first-order valence-corrected chi connectivity index (χ1v) is 11.0. The molecule has 4 atom stereocenters. The Morgan fingerprint density at radius 1 is 0.769 bits per heavy atom. The minimum atomic E-state index is -0.744. The van der Waals surface area contributed by atoms with E-state index in [2.05, 4.69) is 59.6 Å². The lowest BCUT2D eigenvalue weighted by Crippen LogP contribution is -2.49. The van der Waals surface area contributed by atoms with E-state index in [0.717, 1.165) is 24.0 Å². The van der Waals surface area contributed by atoms with Crippen LogP contribution in [0.2, 0.25) is 0 Å². The molecule has 0 heterocycles. The first-order chi connectivity index (χ1) is 12.3. The highest BCUT2D eigenvalue weighted by Gasteiger charge is 2.53. The Kier molecular flexibility index (Phi) is 7.27. The zero-order valence-corrected chi connectivity index (χ0v) is 19.2. The van der Waals surface area contributed by atoms with Crippen molar-refractivity contribution in [3.63, 3.8) is 0 Å². The highest BCUT2D eigenvalue weighted by Crippen LogP contribution is 2.52. The van der Waals surface area contributed by atoms with Gasteiger partial charge in [0.1, 0.15) is 8.65 Å². The smallest absolute Gasteiger partial charge is 0.175 e. The first-order valence-electron chi connectivity index (χ1n) is 9.37. The predicted octanol–water partition coefficient (Wildman–Crippen LogP) is 7.23. The summed E-state index contributed by atoms with van der Waals surface area (Å²) in [5.74, 6) is 0.482. The highest BCUT2D eigenvalue weighted by atomic mass is 79.9. The van der Waals surface area contributed by atoms with E-state index in [9.17, 15) is 4.79 Å². The van der Waals surface area contributed by atoms with Crippen molar-refractivity contribution in [1.82, 2.24) is 0 Å². The van der Waals surface area contributed by atoms with Crippen LogP contribution in [0.25, 0.3) is 0 Å². The molecule has 0 radical (unpaired) electrons. The molecule has 0 saturated carbocycles. The lowest BCUT2D eigenvalue weighted by atomic mass is 9.72. The summed E-state index contributed by atoms with van der Waals surface area (Å²) in [6.45, 7) is 8.57. The fraction of sp³-hybridized carbons (Fsp3) is 0.435.